The van der Waals surface area contributed by atoms with E-state index in [1.54, 1.807) is 0 Å². The summed E-state index contributed by atoms with van der Waals surface area (Å²) in [5.41, 5.74) is 0. The van der Waals surface area contributed by atoms with Crippen molar-refractivity contribution >= 4 is 0 Å². The van der Waals surface area contributed by atoms with Crippen molar-refractivity contribution in [3.05, 3.63) is 24.3 Å². The van der Waals surface area contributed by atoms with Crippen LogP contribution in [-0.4, -0.2) is 51.6 Å². The van der Waals surface area contributed by atoms with Gasteiger partial charge in [-0.25, -0.2) is 0 Å². The Balaban J connectivity index is 2.02. The standard InChI is InChI=1S/C11H14O6/c12-5-8-9(14)10(15)11(17-8)16-7-3-1-6(13)2-4-7/h1-4,8-15H,5H2/t8-,9-,10-,11+/m1/s1. The Hall–Kier alpha value is -1.34. The fourth-order valence-corrected chi connectivity index (χ4v) is 1.62. The van der Waals surface area contributed by atoms with E-state index in [1.165, 1.54) is 24.3 Å². The van der Waals surface area contributed by atoms with Gasteiger partial charge in [0.15, 0.2) is 0 Å². The van der Waals surface area contributed by atoms with Crippen molar-refractivity contribution in [1.29, 1.82) is 0 Å². The predicted octanol–water partition coefficient (Wildman–Crippen LogP) is -0.790. The van der Waals surface area contributed by atoms with E-state index in [9.17, 15) is 10.2 Å². The van der Waals surface area contributed by atoms with Crippen LogP contribution in [0.25, 0.3) is 0 Å². The van der Waals surface area contributed by atoms with Gasteiger partial charge in [0.1, 0.15) is 29.8 Å². The summed E-state index contributed by atoms with van der Waals surface area (Å²) in [7, 11) is 0. The molecule has 4 N–H and O–H groups in total. The Kier molecular flexibility index (Phi) is 3.49. The third-order valence-electron chi connectivity index (χ3n) is 2.59. The molecule has 1 aliphatic rings. The molecule has 0 radical (unpaired) electrons. The lowest BCUT2D eigenvalue weighted by Crippen LogP contribution is -2.35. The number of hydrogen-bond acceptors (Lipinski definition) is 6. The number of phenols is 1. The molecular formula is C11H14O6. The van der Waals surface area contributed by atoms with Crippen molar-refractivity contribution in [3.8, 4) is 11.5 Å². The van der Waals surface area contributed by atoms with Gasteiger partial charge in [-0.15, -0.1) is 0 Å². The molecule has 17 heavy (non-hydrogen) atoms. The van der Waals surface area contributed by atoms with Crippen LogP contribution < -0.4 is 4.74 Å². The molecule has 0 amide bonds. The van der Waals surface area contributed by atoms with E-state index in [0.717, 1.165) is 0 Å². The van der Waals surface area contributed by atoms with Gasteiger partial charge in [-0.05, 0) is 24.3 Å². The van der Waals surface area contributed by atoms with Gasteiger partial charge in [-0.1, -0.05) is 0 Å². The zero-order valence-corrected chi connectivity index (χ0v) is 8.93. The van der Waals surface area contributed by atoms with Crippen molar-refractivity contribution < 1.29 is 29.9 Å². The molecule has 0 spiro atoms. The number of phenolic OH excluding ortho intramolecular Hbond substituents is 1. The van der Waals surface area contributed by atoms with Gasteiger partial charge in [-0.2, -0.15) is 0 Å². The van der Waals surface area contributed by atoms with E-state index in [4.69, 9.17) is 19.7 Å². The first-order valence-electron chi connectivity index (χ1n) is 5.20. The van der Waals surface area contributed by atoms with Gasteiger partial charge in [0, 0.05) is 0 Å². The van der Waals surface area contributed by atoms with E-state index in [1.807, 2.05) is 0 Å². The van der Waals surface area contributed by atoms with Crippen molar-refractivity contribution in [2.45, 2.75) is 24.6 Å². The van der Waals surface area contributed by atoms with Gasteiger partial charge >= 0.3 is 0 Å². The highest BCUT2D eigenvalue weighted by atomic mass is 16.7. The molecule has 6 nitrogen and oxygen atoms in total. The van der Waals surface area contributed by atoms with Crippen LogP contribution >= 0.6 is 0 Å². The molecule has 1 saturated heterocycles. The number of rotatable bonds is 3. The summed E-state index contributed by atoms with van der Waals surface area (Å²) < 4.78 is 10.4. The normalized spacial score (nSPS) is 32.6. The van der Waals surface area contributed by atoms with E-state index in [2.05, 4.69) is 0 Å². The first-order valence-corrected chi connectivity index (χ1v) is 5.20. The Labute approximate surface area is 97.7 Å². The topological polar surface area (TPSA) is 99.4 Å². The average molecular weight is 242 g/mol. The quantitative estimate of drug-likeness (QED) is 0.554. The maximum absolute atomic E-state index is 9.61. The zero-order chi connectivity index (χ0) is 12.4. The molecule has 0 bridgehead atoms. The molecule has 94 valence electrons. The van der Waals surface area contributed by atoms with Gasteiger partial charge in [-0.3, -0.25) is 0 Å². The number of benzene rings is 1. The number of ether oxygens (including phenoxy) is 2. The minimum Gasteiger partial charge on any atom is -0.508 e. The third-order valence-corrected chi connectivity index (χ3v) is 2.59. The Morgan fingerprint density at radius 2 is 1.76 bits per heavy atom. The molecule has 6 heteroatoms. The molecule has 0 saturated carbocycles. The number of aliphatic hydroxyl groups is 3. The molecular weight excluding hydrogens is 228 g/mol. The van der Waals surface area contributed by atoms with Crippen LogP contribution in [0.3, 0.4) is 0 Å². The second-order valence-corrected chi connectivity index (χ2v) is 3.82. The second-order valence-electron chi connectivity index (χ2n) is 3.82. The predicted molar refractivity (Wildman–Crippen MR) is 56.5 cm³/mol. The summed E-state index contributed by atoms with van der Waals surface area (Å²) >= 11 is 0. The second kappa shape index (κ2) is 4.89. The van der Waals surface area contributed by atoms with E-state index in [-0.39, 0.29) is 5.75 Å². The highest BCUT2D eigenvalue weighted by Crippen LogP contribution is 2.25. The van der Waals surface area contributed by atoms with Gasteiger partial charge < -0.3 is 29.9 Å². The van der Waals surface area contributed by atoms with Crippen LogP contribution in [0, 0.1) is 0 Å². The largest absolute Gasteiger partial charge is 0.508 e. The molecule has 1 heterocycles. The lowest BCUT2D eigenvalue weighted by Gasteiger charge is -2.16. The fourth-order valence-electron chi connectivity index (χ4n) is 1.62. The van der Waals surface area contributed by atoms with Crippen molar-refractivity contribution in [1.82, 2.24) is 0 Å². The molecule has 2 rings (SSSR count). The van der Waals surface area contributed by atoms with Crippen molar-refractivity contribution in [2.24, 2.45) is 0 Å². The van der Waals surface area contributed by atoms with Crippen LogP contribution in [0.5, 0.6) is 11.5 Å². The summed E-state index contributed by atoms with van der Waals surface area (Å²) in [4.78, 5) is 0. The maximum Gasteiger partial charge on any atom is 0.229 e. The molecule has 4 atom stereocenters. The van der Waals surface area contributed by atoms with E-state index >= 15 is 0 Å². The summed E-state index contributed by atoms with van der Waals surface area (Å²) in [6.45, 7) is -0.395. The minimum atomic E-state index is -1.22. The average Bonchev–Trinajstić information content (AvgIpc) is 2.60. The fraction of sp³-hybridized carbons (Fsp3) is 0.455. The van der Waals surface area contributed by atoms with Crippen LogP contribution in [-0.2, 0) is 4.74 Å². The highest BCUT2D eigenvalue weighted by Gasteiger charge is 2.43. The highest BCUT2D eigenvalue weighted by molar-refractivity contribution is 5.30. The summed E-state index contributed by atoms with van der Waals surface area (Å²) in [5.74, 6) is 0.483. The molecule has 1 aromatic carbocycles. The number of hydrogen-bond donors (Lipinski definition) is 4. The van der Waals surface area contributed by atoms with Gasteiger partial charge in [0.25, 0.3) is 0 Å². The summed E-state index contributed by atoms with van der Waals surface area (Å²) in [5, 5.41) is 37.1. The number of aromatic hydroxyl groups is 1. The van der Waals surface area contributed by atoms with Gasteiger partial charge in [0.05, 0.1) is 6.61 Å². The lowest BCUT2D eigenvalue weighted by atomic mass is 10.1. The van der Waals surface area contributed by atoms with Gasteiger partial charge in [0.2, 0.25) is 6.29 Å². The Morgan fingerprint density at radius 3 is 2.29 bits per heavy atom. The zero-order valence-electron chi connectivity index (χ0n) is 8.93. The Morgan fingerprint density at radius 1 is 1.12 bits per heavy atom. The number of aliphatic hydroxyl groups excluding tert-OH is 3. The summed E-state index contributed by atoms with van der Waals surface area (Å²) in [6, 6.07) is 5.86. The van der Waals surface area contributed by atoms with E-state index < -0.39 is 31.2 Å². The SMILES string of the molecule is OC[C@H]1O[C@H](Oc2ccc(O)cc2)[C@H](O)[C@@H]1O. The Bertz CT molecular complexity index is 365. The smallest absolute Gasteiger partial charge is 0.229 e. The molecule has 1 aromatic rings. The lowest BCUT2D eigenvalue weighted by molar-refractivity contribution is -0.116. The van der Waals surface area contributed by atoms with Crippen LogP contribution in [0.2, 0.25) is 0 Å². The first kappa shape index (κ1) is 12.1. The molecule has 0 aromatic heterocycles. The molecule has 0 aliphatic carbocycles. The molecule has 0 unspecified atom stereocenters. The monoisotopic (exact) mass is 242 g/mol. The van der Waals surface area contributed by atoms with Crippen LogP contribution in [0.4, 0.5) is 0 Å². The summed E-state index contributed by atoms with van der Waals surface area (Å²) in [6.07, 6.45) is -4.29. The van der Waals surface area contributed by atoms with Crippen LogP contribution in [0.1, 0.15) is 0 Å². The van der Waals surface area contributed by atoms with Crippen molar-refractivity contribution in [2.75, 3.05) is 6.61 Å². The third kappa shape index (κ3) is 2.50. The molecule has 1 aliphatic heterocycles. The van der Waals surface area contributed by atoms with Crippen molar-refractivity contribution in [3.63, 3.8) is 0 Å². The minimum absolute atomic E-state index is 0.0958. The maximum atomic E-state index is 9.61. The molecule has 1 fully saturated rings. The first-order chi connectivity index (χ1) is 8.11. The van der Waals surface area contributed by atoms with Crippen LogP contribution in [0.15, 0.2) is 24.3 Å². The van der Waals surface area contributed by atoms with E-state index in [0.29, 0.717) is 5.75 Å².